The van der Waals surface area contributed by atoms with Gasteiger partial charge in [0.25, 0.3) is 0 Å². The lowest BCUT2D eigenvalue weighted by Crippen LogP contribution is -2.25. The highest BCUT2D eigenvalue weighted by Crippen LogP contribution is 2.42. The molecular formula is C21H17N2OP. The third-order valence-electron chi connectivity index (χ3n) is 4.22. The van der Waals surface area contributed by atoms with Crippen molar-refractivity contribution in [2.24, 2.45) is 0 Å². The molecule has 0 unspecified atom stereocenters. The van der Waals surface area contributed by atoms with Crippen molar-refractivity contribution in [3.05, 3.63) is 97.3 Å². The SMILES string of the molecule is O=P(c1ccccc1)(c1ccccc1)c1cccc(-c2ncc[nH]2)c1. The van der Waals surface area contributed by atoms with E-state index in [0.717, 1.165) is 27.3 Å². The number of benzene rings is 3. The minimum Gasteiger partial charge on any atom is -0.345 e. The molecule has 1 aromatic heterocycles. The van der Waals surface area contributed by atoms with Gasteiger partial charge in [0.1, 0.15) is 5.82 Å². The molecule has 0 amide bonds. The lowest BCUT2D eigenvalue weighted by atomic mass is 10.2. The molecule has 3 nitrogen and oxygen atoms in total. The van der Waals surface area contributed by atoms with Crippen LogP contribution in [0.15, 0.2) is 97.3 Å². The van der Waals surface area contributed by atoms with Crippen molar-refractivity contribution in [2.45, 2.75) is 0 Å². The highest BCUT2D eigenvalue weighted by atomic mass is 31.2. The summed E-state index contributed by atoms with van der Waals surface area (Å²) < 4.78 is 14.3. The highest BCUT2D eigenvalue weighted by molar-refractivity contribution is 7.85. The molecule has 0 aliphatic carbocycles. The van der Waals surface area contributed by atoms with E-state index in [1.165, 1.54) is 0 Å². The van der Waals surface area contributed by atoms with Crippen LogP contribution in [0.5, 0.6) is 0 Å². The van der Waals surface area contributed by atoms with Crippen LogP contribution in [0.2, 0.25) is 0 Å². The van der Waals surface area contributed by atoms with Gasteiger partial charge in [0.2, 0.25) is 0 Å². The number of hydrogen-bond acceptors (Lipinski definition) is 2. The molecule has 4 heteroatoms. The van der Waals surface area contributed by atoms with Crippen LogP contribution >= 0.6 is 7.14 Å². The van der Waals surface area contributed by atoms with Gasteiger partial charge in [-0.25, -0.2) is 4.98 Å². The monoisotopic (exact) mass is 344 g/mol. The first kappa shape index (κ1) is 15.6. The number of rotatable bonds is 4. The Kier molecular flexibility index (Phi) is 4.09. The van der Waals surface area contributed by atoms with E-state index in [1.54, 1.807) is 12.4 Å². The third-order valence-corrected chi connectivity index (χ3v) is 7.28. The van der Waals surface area contributed by atoms with E-state index in [1.807, 2.05) is 84.9 Å². The van der Waals surface area contributed by atoms with Crippen LogP contribution in [0.1, 0.15) is 0 Å². The average Bonchev–Trinajstić information content (AvgIpc) is 3.24. The molecule has 0 radical (unpaired) electrons. The van der Waals surface area contributed by atoms with E-state index in [9.17, 15) is 4.57 Å². The fraction of sp³-hybridized carbons (Fsp3) is 0. The Morgan fingerprint density at radius 1 is 0.720 bits per heavy atom. The van der Waals surface area contributed by atoms with Gasteiger partial charge in [-0.15, -0.1) is 0 Å². The minimum absolute atomic E-state index is 0.773. The molecule has 0 saturated heterocycles. The molecule has 0 bridgehead atoms. The molecule has 0 aliphatic rings. The molecule has 1 heterocycles. The molecule has 0 atom stereocenters. The van der Waals surface area contributed by atoms with Crippen LogP contribution in [0.4, 0.5) is 0 Å². The molecule has 0 saturated carbocycles. The van der Waals surface area contributed by atoms with Crippen molar-refractivity contribution in [1.82, 2.24) is 9.97 Å². The number of aromatic amines is 1. The Hall–Kier alpha value is -2.90. The summed E-state index contributed by atoms with van der Waals surface area (Å²) in [7, 11) is -2.95. The molecule has 0 fully saturated rings. The number of nitrogens with one attached hydrogen (secondary N) is 1. The molecule has 4 aromatic rings. The highest BCUT2D eigenvalue weighted by Gasteiger charge is 2.29. The maximum absolute atomic E-state index is 14.3. The van der Waals surface area contributed by atoms with Crippen LogP contribution in [-0.4, -0.2) is 9.97 Å². The molecule has 0 spiro atoms. The minimum atomic E-state index is -2.95. The van der Waals surface area contributed by atoms with Gasteiger partial charge >= 0.3 is 0 Å². The number of aromatic nitrogens is 2. The smallest absolute Gasteiger partial charge is 0.171 e. The van der Waals surface area contributed by atoms with E-state index in [4.69, 9.17) is 0 Å². The molecular weight excluding hydrogens is 327 g/mol. The zero-order valence-electron chi connectivity index (χ0n) is 13.5. The summed E-state index contributed by atoms with van der Waals surface area (Å²) in [6.45, 7) is 0. The van der Waals surface area contributed by atoms with Crippen LogP contribution in [0, 0.1) is 0 Å². The van der Waals surface area contributed by atoms with Crippen molar-refractivity contribution >= 4 is 23.1 Å². The summed E-state index contributed by atoms with van der Waals surface area (Å²) in [6.07, 6.45) is 3.51. The Labute approximate surface area is 146 Å². The van der Waals surface area contributed by atoms with Gasteiger partial charge in [-0.3, -0.25) is 0 Å². The van der Waals surface area contributed by atoms with Crippen molar-refractivity contribution in [2.75, 3.05) is 0 Å². The van der Waals surface area contributed by atoms with Crippen molar-refractivity contribution in [3.8, 4) is 11.4 Å². The van der Waals surface area contributed by atoms with E-state index < -0.39 is 7.14 Å². The Balaban J connectivity index is 1.94. The second kappa shape index (κ2) is 6.54. The van der Waals surface area contributed by atoms with E-state index in [-0.39, 0.29) is 0 Å². The van der Waals surface area contributed by atoms with Gasteiger partial charge < -0.3 is 9.55 Å². The quantitative estimate of drug-likeness (QED) is 0.574. The number of H-pyrrole nitrogens is 1. The van der Waals surface area contributed by atoms with Crippen LogP contribution in [-0.2, 0) is 4.57 Å². The Morgan fingerprint density at radius 3 is 1.88 bits per heavy atom. The second-order valence-corrected chi connectivity index (χ2v) is 8.54. The van der Waals surface area contributed by atoms with Gasteiger partial charge in [-0.05, 0) is 6.07 Å². The largest absolute Gasteiger partial charge is 0.345 e. The molecule has 25 heavy (non-hydrogen) atoms. The number of nitrogens with zero attached hydrogens (tertiary/aromatic N) is 1. The van der Waals surface area contributed by atoms with Gasteiger partial charge in [0.05, 0.1) is 0 Å². The van der Waals surface area contributed by atoms with Crippen molar-refractivity contribution < 1.29 is 4.57 Å². The van der Waals surface area contributed by atoms with Gasteiger partial charge in [-0.2, -0.15) is 0 Å². The fourth-order valence-corrected chi connectivity index (χ4v) is 5.69. The van der Waals surface area contributed by atoms with E-state index in [2.05, 4.69) is 9.97 Å². The molecule has 4 rings (SSSR count). The van der Waals surface area contributed by atoms with Crippen LogP contribution in [0.3, 0.4) is 0 Å². The predicted octanol–water partition coefficient (Wildman–Crippen LogP) is 3.72. The number of imidazole rings is 1. The first-order valence-electron chi connectivity index (χ1n) is 8.10. The third kappa shape index (κ3) is 2.84. The van der Waals surface area contributed by atoms with Crippen molar-refractivity contribution in [3.63, 3.8) is 0 Å². The standard InChI is InChI=1S/C21H17N2OP/c24-25(18-9-3-1-4-10-18,19-11-5-2-6-12-19)20-13-7-8-17(16-20)21-22-14-15-23-21/h1-16H,(H,22,23). The van der Waals surface area contributed by atoms with Crippen LogP contribution in [0.25, 0.3) is 11.4 Å². The lowest BCUT2D eigenvalue weighted by Gasteiger charge is -2.20. The predicted molar refractivity (Wildman–Crippen MR) is 103 cm³/mol. The first-order chi connectivity index (χ1) is 12.3. The summed E-state index contributed by atoms with van der Waals surface area (Å²) in [5.74, 6) is 0.773. The summed E-state index contributed by atoms with van der Waals surface area (Å²) in [6, 6.07) is 27.2. The molecule has 3 aromatic carbocycles. The maximum atomic E-state index is 14.3. The average molecular weight is 344 g/mol. The van der Waals surface area contributed by atoms with Gasteiger partial charge in [0, 0.05) is 33.9 Å². The van der Waals surface area contributed by atoms with E-state index >= 15 is 0 Å². The van der Waals surface area contributed by atoms with Gasteiger partial charge in [0.15, 0.2) is 7.14 Å². The first-order valence-corrected chi connectivity index (χ1v) is 9.81. The fourth-order valence-electron chi connectivity index (χ4n) is 3.00. The summed E-state index contributed by atoms with van der Waals surface area (Å²) >= 11 is 0. The Morgan fingerprint density at radius 2 is 1.32 bits per heavy atom. The van der Waals surface area contributed by atoms with Crippen LogP contribution < -0.4 is 15.9 Å². The topological polar surface area (TPSA) is 45.8 Å². The van der Waals surface area contributed by atoms with Gasteiger partial charge in [-0.1, -0.05) is 78.9 Å². The maximum Gasteiger partial charge on any atom is 0.171 e. The van der Waals surface area contributed by atoms with E-state index in [0.29, 0.717) is 0 Å². The zero-order chi connectivity index (χ0) is 17.1. The lowest BCUT2D eigenvalue weighted by molar-refractivity contribution is 0.592. The molecule has 122 valence electrons. The second-order valence-electron chi connectivity index (χ2n) is 5.77. The summed E-state index contributed by atoms with van der Waals surface area (Å²) in [5, 5.41) is 2.47. The van der Waals surface area contributed by atoms with Crippen molar-refractivity contribution in [1.29, 1.82) is 0 Å². The zero-order valence-corrected chi connectivity index (χ0v) is 14.4. The normalized spacial score (nSPS) is 11.4. The Bertz CT molecular complexity index is 969. The summed E-state index contributed by atoms with van der Waals surface area (Å²) in [4.78, 5) is 7.42. The summed E-state index contributed by atoms with van der Waals surface area (Å²) in [5.41, 5.74) is 0.926. The number of hydrogen-bond donors (Lipinski definition) is 1. The molecule has 0 aliphatic heterocycles. The molecule has 1 N–H and O–H groups in total.